The van der Waals surface area contributed by atoms with E-state index in [1.54, 1.807) is 6.26 Å². The third kappa shape index (κ3) is 2.48. The zero-order chi connectivity index (χ0) is 14.8. The molecule has 21 heavy (non-hydrogen) atoms. The largest absolute Gasteiger partial charge is 0.467 e. The summed E-state index contributed by atoms with van der Waals surface area (Å²) in [6, 6.07) is 5.98. The predicted octanol–water partition coefficient (Wildman–Crippen LogP) is 2.14. The number of aromatic nitrogens is 2. The van der Waals surface area contributed by atoms with Crippen molar-refractivity contribution in [2.24, 2.45) is 0 Å². The van der Waals surface area contributed by atoms with Crippen molar-refractivity contribution in [2.75, 3.05) is 24.6 Å². The van der Waals surface area contributed by atoms with Crippen LogP contribution < -0.4 is 4.90 Å². The molecular weight excluding hydrogens is 268 g/mol. The minimum absolute atomic E-state index is 0.149. The third-order valence-electron chi connectivity index (χ3n) is 3.77. The minimum atomic E-state index is -0.149. The fourth-order valence-electron chi connectivity index (χ4n) is 2.44. The van der Waals surface area contributed by atoms with Gasteiger partial charge in [0.25, 0.3) is 0 Å². The van der Waals surface area contributed by atoms with Crippen LogP contribution in [-0.2, 0) is 4.74 Å². The highest BCUT2D eigenvalue weighted by molar-refractivity contribution is 5.57. The van der Waals surface area contributed by atoms with E-state index < -0.39 is 0 Å². The predicted molar refractivity (Wildman–Crippen MR) is 75.8 cm³/mol. The summed E-state index contributed by atoms with van der Waals surface area (Å²) in [6.07, 6.45) is 1.48. The van der Waals surface area contributed by atoms with Crippen LogP contribution in [0, 0.1) is 25.2 Å². The van der Waals surface area contributed by atoms with E-state index in [1.165, 1.54) is 0 Å². The molecular formula is C15H16N4O2. The van der Waals surface area contributed by atoms with Crippen molar-refractivity contribution in [3.8, 4) is 6.07 Å². The maximum atomic E-state index is 9.41. The number of rotatable bonds is 2. The van der Waals surface area contributed by atoms with Crippen molar-refractivity contribution in [3.63, 3.8) is 0 Å². The second-order valence-corrected chi connectivity index (χ2v) is 5.04. The first kappa shape index (κ1) is 13.6. The van der Waals surface area contributed by atoms with Gasteiger partial charge in [-0.2, -0.15) is 10.4 Å². The summed E-state index contributed by atoms with van der Waals surface area (Å²) in [7, 11) is 0. The van der Waals surface area contributed by atoms with E-state index in [4.69, 9.17) is 9.15 Å². The first-order valence-electron chi connectivity index (χ1n) is 6.84. The molecule has 3 heterocycles. The van der Waals surface area contributed by atoms with Gasteiger partial charge in [0.2, 0.25) is 0 Å². The topological polar surface area (TPSA) is 75.2 Å². The lowest BCUT2D eigenvalue weighted by atomic mass is 10.1. The number of furan rings is 1. The van der Waals surface area contributed by atoms with Gasteiger partial charge in [-0.15, -0.1) is 5.10 Å². The third-order valence-corrected chi connectivity index (χ3v) is 3.77. The number of nitrogens with zero attached hydrogens (tertiary/aromatic N) is 4. The molecule has 1 unspecified atom stereocenters. The van der Waals surface area contributed by atoms with Crippen LogP contribution in [0.5, 0.6) is 0 Å². The normalized spacial score (nSPS) is 18.5. The number of nitriles is 1. The van der Waals surface area contributed by atoms with E-state index in [0.29, 0.717) is 31.1 Å². The van der Waals surface area contributed by atoms with Gasteiger partial charge in [-0.05, 0) is 31.5 Å². The molecule has 0 saturated carbocycles. The molecule has 2 aromatic heterocycles. The van der Waals surface area contributed by atoms with E-state index in [-0.39, 0.29) is 6.10 Å². The summed E-state index contributed by atoms with van der Waals surface area (Å²) in [5.41, 5.74) is 2.25. The summed E-state index contributed by atoms with van der Waals surface area (Å²) in [5, 5.41) is 17.8. The van der Waals surface area contributed by atoms with Gasteiger partial charge in [0.05, 0.1) is 25.1 Å². The Morgan fingerprint density at radius 1 is 1.38 bits per heavy atom. The van der Waals surface area contributed by atoms with Crippen molar-refractivity contribution in [2.45, 2.75) is 20.0 Å². The zero-order valence-electron chi connectivity index (χ0n) is 12.0. The molecule has 3 rings (SSSR count). The molecule has 108 valence electrons. The monoisotopic (exact) mass is 284 g/mol. The van der Waals surface area contributed by atoms with Crippen molar-refractivity contribution in [3.05, 3.63) is 41.0 Å². The molecule has 1 atom stereocenters. The van der Waals surface area contributed by atoms with Crippen LogP contribution in [0.1, 0.15) is 28.7 Å². The average Bonchev–Trinajstić information content (AvgIpc) is 3.04. The highest BCUT2D eigenvalue weighted by Gasteiger charge is 2.27. The minimum Gasteiger partial charge on any atom is -0.467 e. The Hall–Kier alpha value is -2.39. The van der Waals surface area contributed by atoms with Gasteiger partial charge in [0, 0.05) is 6.54 Å². The number of aryl methyl sites for hydroxylation is 1. The Bertz CT molecular complexity index is 676. The van der Waals surface area contributed by atoms with Crippen LogP contribution in [0.15, 0.2) is 22.8 Å². The number of anilines is 1. The van der Waals surface area contributed by atoms with Crippen LogP contribution in [0.2, 0.25) is 0 Å². The van der Waals surface area contributed by atoms with Crippen LogP contribution in [0.3, 0.4) is 0 Å². The Morgan fingerprint density at radius 3 is 2.95 bits per heavy atom. The van der Waals surface area contributed by atoms with Gasteiger partial charge in [0.1, 0.15) is 23.5 Å². The van der Waals surface area contributed by atoms with Gasteiger partial charge in [-0.3, -0.25) is 0 Å². The number of hydrogen-bond donors (Lipinski definition) is 0. The molecule has 0 radical (unpaired) electrons. The highest BCUT2D eigenvalue weighted by Crippen LogP contribution is 2.28. The van der Waals surface area contributed by atoms with E-state index >= 15 is 0 Å². The fourth-order valence-corrected chi connectivity index (χ4v) is 2.44. The molecule has 0 amide bonds. The molecule has 0 N–H and O–H groups in total. The molecule has 0 spiro atoms. The molecule has 6 heteroatoms. The lowest BCUT2D eigenvalue weighted by molar-refractivity contribution is 0.0254. The van der Waals surface area contributed by atoms with Crippen LogP contribution in [0.25, 0.3) is 0 Å². The van der Waals surface area contributed by atoms with E-state index in [1.807, 2.05) is 30.9 Å². The van der Waals surface area contributed by atoms with E-state index in [9.17, 15) is 5.26 Å². The second-order valence-electron chi connectivity index (χ2n) is 5.04. The molecule has 0 aromatic carbocycles. The zero-order valence-corrected chi connectivity index (χ0v) is 12.0. The molecule has 0 bridgehead atoms. The van der Waals surface area contributed by atoms with Gasteiger partial charge < -0.3 is 14.1 Å². The van der Waals surface area contributed by atoms with Crippen LogP contribution in [-0.4, -0.2) is 29.9 Å². The maximum absolute atomic E-state index is 9.41. The van der Waals surface area contributed by atoms with E-state index in [0.717, 1.165) is 17.0 Å². The molecule has 1 fully saturated rings. The summed E-state index contributed by atoms with van der Waals surface area (Å²) in [5.74, 6) is 1.41. The van der Waals surface area contributed by atoms with Crippen LogP contribution >= 0.6 is 0 Å². The van der Waals surface area contributed by atoms with Gasteiger partial charge in [0.15, 0.2) is 5.82 Å². The smallest absolute Gasteiger partial charge is 0.169 e. The number of morpholine rings is 1. The lowest BCUT2D eigenvalue weighted by Gasteiger charge is -2.33. The number of ether oxygens (including phenoxy) is 1. The summed E-state index contributed by atoms with van der Waals surface area (Å²) in [4.78, 5) is 2.04. The molecule has 6 nitrogen and oxygen atoms in total. The van der Waals surface area contributed by atoms with Gasteiger partial charge in [-0.25, -0.2) is 0 Å². The van der Waals surface area contributed by atoms with Crippen molar-refractivity contribution < 1.29 is 9.15 Å². The Kier molecular flexibility index (Phi) is 3.59. The standard InChI is InChI=1S/C15H16N4O2/c1-10-11(2)17-18-15(12(10)8-16)19-5-7-21-14(9-19)13-4-3-6-20-13/h3-4,6,14H,5,7,9H2,1-2H3. The second kappa shape index (κ2) is 5.54. The maximum Gasteiger partial charge on any atom is 0.169 e. The lowest BCUT2D eigenvalue weighted by Crippen LogP contribution is -2.39. The molecule has 1 saturated heterocycles. The molecule has 1 aliphatic heterocycles. The average molecular weight is 284 g/mol. The molecule has 1 aliphatic rings. The first-order valence-corrected chi connectivity index (χ1v) is 6.84. The fraction of sp³-hybridized carbons (Fsp3) is 0.400. The summed E-state index contributed by atoms with van der Waals surface area (Å²) >= 11 is 0. The summed E-state index contributed by atoms with van der Waals surface area (Å²) in [6.45, 7) is 5.60. The summed E-state index contributed by atoms with van der Waals surface area (Å²) < 4.78 is 11.1. The van der Waals surface area contributed by atoms with E-state index in [2.05, 4.69) is 16.3 Å². The molecule has 2 aromatic rings. The Labute approximate surface area is 123 Å². The highest BCUT2D eigenvalue weighted by atomic mass is 16.5. The molecule has 0 aliphatic carbocycles. The van der Waals surface area contributed by atoms with Crippen molar-refractivity contribution >= 4 is 5.82 Å². The SMILES string of the molecule is Cc1nnc(N2CCOC(c3ccco3)C2)c(C#N)c1C. The first-order chi connectivity index (χ1) is 10.2. The number of hydrogen-bond acceptors (Lipinski definition) is 6. The Morgan fingerprint density at radius 2 is 2.24 bits per heavy atom. The Balaban J connectivity index is 1.91. The van der Waals surface area contributed by atoms with Crippen LogP contribution in [0.4, 0.5) is 5.82 Å². The van der Waals surface area contributed by atoms with Crippen molar-refractivity contribution in [1.82, 2.24) is 10.2 Å². The quantitative estimate of drug-likeness (QED) is 0.841. The van der Waals surface area contributed by atoms with Gasteiger partial charge in [-0.1, -0.05) is 0 Å². The van der Waals surface area contributed by atoms with Gasteiger partial charge >= 0.3 is 0 Å². The van der Waals surface area contributed by atoms with Crippen molar-refractivity contribution in [1.29, 1.82) is 5.26 Å².